The fourth-order valence-electron chi connectivity index (χ4n) is 1.51. The topological polar surface area (TPSA) is 76.3 Å². The summed E-state index contributed by atoms with van der Waals surface area (Å²) < 4.78 is 24.2. The standard InChI is InChI=1S/C11H17N3O2S/c1-3-6-10(2)14(17(12,15)16)9-11-7-4-5-8-13-11/h3-5,7-8,10H,1,6,9H2,2H3,(H2,12,15,16). The van der Waals surface area contributed by atoms with E-state index in [4.69, 9.17) is 5.14 Å². The molecule has 0 amide bonds. The van der Waals surface area contributed by atoms with Crippen LogP contribution in [0.3, 0.4) is 0 Å². The Hall–Kier alpha value is -1.24. The van der Waals surface area contributed by atoms with Gasteiger partial charge in [0.05, 0.1) is 12.2 Å². The van der Waals surface area contributed by atoms with Crippen LogP contribution in [0.15, 0.2) is 37.1 Å². The van der Waals surface area contributed by atoms with Crippen molar-refractivity contribution in [1.29, 1.82) is 0 Å². The second-order valence-corrected chi connectivity index (χ2v) is 5.28. The van der Waals surface area contributed by atoms with E-state index in [9.17, 15) is 8.42 Å². The van der Waals surface area contributed by atoms with Crippen LogP contribution in [-0.4, -0.2) is 23.7 Å². The molecule has 0 fully saturated rings. The minimum atomic E-state index is -3.74. The molecule has 0 saturated carbocycles. The second kappa shape index (κ2) is 5.90. The lowest BCUT2D eigenvalue weighted by Crippen LogP contribution is -2.42. The molecular formula is C11H17N3O2S. The highest BCUT2D eigenvalue weighted by atomic mass is 32.2. The average molecular weight is 255 g/mol. The molecule has 0 aliphatic carbocycles. The highest BCUT2D eigenvalue weighted by molar-refractivity contribution is 7.86. The highest BCUT2D eigenvalue weighted by Crippen LogP contribution is 2.12. The van der Waals surface area contributed by atoms with Crippen molar-refractivity contribution >= 4 is 10.2 Å². The lowest BCUT2D eigenvalue weighted by molar-refractivity contribution is 0.328. The van der Waals surface area contributed by atoms with Crippen molar-refractivity contribution in [2.45, 2.75) is 25.9 Å². The summed E-state index contributed by atoms with van der Waals surface area (Å²) in [5, 5.41) is 5.19. The van der Waals surface area contributed by atoms with Gasteiger partial charge in [0.25, 0.3) is 10.2 Å². The van der Waals surface area contributed by atoms with Gasteiger partial charge in [-0.05, 0) is 25.5 Å². The zero-order chi connectivity index (χ0) is 12.9. The largest absolute Gasteiger partial charge is 0.277 e. The molecule has 0 aromatic carbocycles. The Morgan fingerprint density at radius 1 is 1.59 bits per heavy atom. The summed E-state index contributed by atoms with van der Waals surface area (Å²) in [7, 11) is -3.74. The Bertz CT molecular complexity index is 459. The molecule has 94 valence electrons. The first-order valence-electron chi connectivity index (χ1n) is 5.25. The fourth-order valence-corrected chi connectivity index (χ4v) is 2.41. The molecule has 1 heterocycles. The van der Waals surface area contributed by atoms with Crippen LogP contribution in [0, 0.1) is 0 Å². The van der Waals surface area contributed by atoms with E-state index in [1.54, 1.807) is 31.3 Å². The summed E-state index contributed by atoms with van der Waals surface area (Å²) in [6.45, 7) is 5.56. The van der Waals surface area contributed by atoms with E-state index in [0.29, 0.717) is 12.1 Å². The molecule has 1 atom stereocenters. The lowest BCUT2D eigenvalue weighted by Gasteiger charge is -2.25. The third kappa shape index (κ3) is 4.26. The van der Waals surface area contributed by atoms with E-state index in [1.807, 2.05) is 6.07 Å². The van der Waals surface area contributed by atoms with Gasteiger partial charge in [-0.2, -0.15) is 12.7 Å². The molecule has 17 heavy (non-hydrogen) atoms. The van der Waals surface area contributed by atoms with E-state index in [2.05, 4.69) is 11.6 Å². The predicted molar refractivity (Wildman–Crippen MR) is 67.2 cm³/mol. The van der Waals surface area contributed by atoms with Crippen molar-refractivity contribution in [1.82, 2.24) is 9.29 Å². The van der Waals surface area contributed by atoms with Crippen LogP contribution in [0.5, 0.6) is 0 Å². The van der Waals surface area contributed by atoms with Gasteiger partial charge in [-0.25, -0.2) is 5.14 Å². The number of nitrogens with two attached hydrogens (primary N) is 1. The smallest absolute Gasteiger partial charge is 0.260 e. The first-order valence-corrected chi connectivity index (χ1v) is 6.76. The van der Waals surface area contributed by atoms with Crippen LogP contribution in [0.1, 0.15) is 19.0 Å². The van der Waals surface area contributed by atoms with Crippen molar-refractivity contribution < 1.29 is 8.42 Å². The number of pyridine rings is 1. The average Bonchev–Trinajstić information content (AvgIpc) is 2.26. The van der Waals surface area contributed by atoms with Gasteiger partial charge in [-0.15, -0.1) is 6.58 Å². The summed E-state index contributed by atoms with van der Waals surface area (Å²) in [6, 6.07) is 5.11. The fraction of sp³-hybridized carbons (Fsp3) is 0.364. The molecule has 1 unspecified atom stereocenters. The zero-order valence-corrected chi connectivity index (χ0v) is 10.6. The second-order valence-electron chi connectivity index (χ2n) is 3.78. The molecular weight excluding hydrogens is 238 g/mol. The Labute approximate surface area is 102 Å². The Balaban J connectivity index is 2.89. The molecule has 6 heteroatoms. The van der Waals surface area contributed by atoms with Gasteiger partial charge < -0.3 is 0 Å². The summed E-state index contributed by atoms with van der Waals surface area (Å²) in [4.78, 5) is 4.09. The third-order valence-electron chi connectivity index (χ3n) is 2.37. The maximum atomic E-state index is 11.5. The SMILES string of the molecule is C=CCC(C)N(Cc1ccccn1)S(N)(=O)=O. The third-order valence-corrected chi connectivity index (χ3v) is 3.51. The first kappa shape index (κ1) is 13.8. The number of hydrogen-bond donors (Lipinski definition) is 1. The van der Waals surface area contributed by atoms with E-state index in [1.165, 1.54) is 4.31 Å². The van der Waals surface area contributed by atoms with Crippen molar-refractivity contribution in [3.05, 3.63) is 42.7 Å². The van der Waals surface area contributed by atoms with Crippen molar-refractivity contribution in [2.75, 3.05) is 0 Å². The van der Waals surface area contributed by atoms with Crippen LogP contribution in [-0.2, 0) is 16.8 Å². The van der Waals surface area contributed by atoms with Gasteiger partial charge >= 0.3 is 0 Å². The summed E-state index contributed by atoms with van der Waals surface area (Å²) >= 11 is 0. The molecule has 0 aliphatic rings. The molecule has 0 spiro atoms. The van der Waals surface area contributed by atoms with Gasteiger partial charge in [-0.1, -0.05) is 12.1 Å². The van der Waals surface area contributed by atoms with E-state index in [-0.39, 0.29) is 12.6 Å². The van der Waals surface area contributed by atoms with Crippen molar-refractivity contribution in [3.63, 3.8) is 0 Å². The van der Waals surface area contributed by atoms with E-state index >= 15 is 0 Å². The van der Waals surface area contributed by atoms with Crippen LogP contribution >= 0.6 is 0 Å². The van der Waals surface area contributed by atoms with Gasteiger partial charge in [0, 0.05) is 12.2 Å². The minimum absolute atomic E-state index is 0.175. The number of aromatic nitrogens is 1. The summed E-state index contributed by atoms with van der Waals surface area (Å²) in [5.74, 6) is 0. The molecule has 5 nitrogen and oxygen atoms in total. The molecule has 0 bridgehead atoms. The number of rotatable bonds is 6. The molecule has 2 N–H and O–H groups in total. The molecule has 0 radical (unpaired) electrons. The van der Waals surface area contributed by atoms with Gasteiger partial charge in [-0.3, -0.25) is 4.98 Å². The number of hydrogen-bond acceptors (Lipinski definition) is 3. The van der Waals surface area contributed by atoms with Gasteiger partial charge in [0.1, 0.15) is 0 Å². The molecule has 1 aromatic rings. The van der Waals surface area contributed by atoms with Crippen LogP contribution in [0.25, 0.3) is 0 Å². The zero-order valence-electron chi connectivity index (χ0n) is 9.78. The number of nitrogens with zero attached hydrogens (tertiary/aromatic N) is 2. The maximum absolute atomic E-state index is 11.5. The Morgan fingerprint density at radius 2 is 2.29 bits per heavy atom. The summed E-state index contributed by atoms with van der Waals surface area (Å²) in [5.41, 5.74) is 0.664. The lowest BCUT2D eigenvalue weighted by atomic mass is 10.2. The highest BCUT2D eigenvalue weighted by Gasteiger charge is 2.23. The first-order chi connectivity index (χ1) is 7.95. The minimum Gasteiger partial charge on any atom is -0.260 e. The van der Waals surface area contributed by atoms with Crippen LogP contribution in [0.4, 0.5) is 0 Å². The molecule has 1 rings (SSSR count). The normalized spacial score (nSPS) is 13.6. The molecule has 0 saturated heterocycles. The van der Waals surface area contributed by atoms with Gasteiger partial charge in [0.2, 0.25) is 0 Å². The van der Waals surface area contributed by atoms with Gasteiger partial charge in [0.15, 0.2) is 0 Å². The molecule has 1 aromatic heterocycles. The molecule has 0 aliphatic heterocycles. The van der Waals surface area contributed by atoms with Crippen molar-refractivity contribution in [2.24, 2.45) is 5.14 Å². The maximum Gasteiger partial charge on any atom is 0.277 e. The summed E-state index contributed by atoms with van der Waals surface area (Å²) in [6.07, 6.45) is 3.83. The Kier molecular flexibility index (Phi) is 4.80. The van der Waals surface area contributed by atoms with Crippen LogP contribution < -0.4 is 5.14 Å². The van der Waals surface area contributed by atoms with E-state index in [0.717, 1.165) is 0 Å². The monoisotopic (exact) mass is 255 g/mol. The quantitative estimate of drug-likeness (QED) is 0.772. The van der Waals surface area contributed by atoms with Crippen LogP contribution in [0.2, 0.25) is 0 Å². The Morgan fingerprint density at radius 3 is 2.76 bits per heavy atom. The predicted octanol–water partition coefficient (Wildman–Crippen LogP) is 1.05. The van der Waals surface area contributed by atoms with Crippen molar-refractivity contribution in [3.8, 4) is 0 Å². The van der Waals surface area contributed by atoms with E-state index < -0.39 is 10.2 Å².